The van der Waals surface area contributed by atoms with Gasteiger partial charge in [0.15, 0.2) is 0 Å². The predicted molar refractivity (Wildman–Crippen MR) is 115 cm³/mol. The number of carboxylic acids is 1. The van der Waals surface area contributed by atoms with E-state index in [1.165, 1.54) is 6.08 Å². The lowest BCUT2D eigenvalue weighted by molar-refractivity contribution is -0.137. The number of benzene rings is 1. The Kier molecular flexibility index (Phi) is 10.1. The van der Waals surface area contributed by atoms with Crippen LogP contribution < -0.4 is 10.2 Å². The fraction of sp³-hybridized carbons (Fsp3) is 0.500. The van der Waals surface area contributed by atoms with Crippen LogP contribution in [0.1, 0.15) is 65.4 Å². The summed E-state index contributed by atoms with van der Waals surface area (Å²) in [5.41, 5.74) is 4.04. The minimum Gasteiger partial charge on any atom is -0.488 e. The van der Waals surface area contributed by atoms with Gasteiger partial charge in [0.25, 0.3) is 0 Å². The Bertz CT molecular complexity index is 724. The Morgan fingerprint density at radius 1 is 1.21 bits per heavy atom. The molecule has 7 nitrogen and oxygen atoms in total. The van der Waals surface area contributed by atoms with E-state index < -0.39 is 5.97 Å². The summed E-state index contributed by atoms with van der Waals surface area (Å²) in [6, 6.07) is 7.38. The lowest BCUT2D eigenvalue weighted by Crippen LogP contribution is -2.27. The standard InChI is InChI=1S/C22H33N3O4/c1-5-13-22(3,4)28-18-11-9-17(10-12-18)21(24)16(2)15-19(23)29-25-14-7-6-8-20(26)27/h9-12,15,23-25H,5-8,13-14H2,1-4H3,(H,26,27)/b16-15-,23-19?,24-21?. The number of rotatable bonds is 13. The van der Waals surface area contributed by atoms with E-state index in [9.17, 15) is 4.79 Å². The van der Waals surface area contributed by atoms with E-state index in [4.69, 9.17) is 25.5 Å². The van der Waals surface area contributed by atoms with Crippen LogP contribution in [-0.4, -0.2) is 34.8 Å². The van der Waals surface area contributed by atoms with Gasteiger partial charge in [0, 0.05) is 19.0 Å². The summed E-state index contributed by atoms with van der Waals surface area (Å²) in [5.74, 6) is -0.156. The van der Waals surface area contributed by atoms with Crippen molar-refractivity contribution in [3.05, 3.63) is 41.5 Å². The van der Waals surface area contributed by atoms with Crippen LogP contribution in [-0.2, 0) is 9.63 Å². The second-order valence-electron chi connectivity index (χ2n) is 7.55. The molecule has 0 spiro atoms. The predicted octanol–water partition coefficient (Wildman–Crippen LogP) is 4.71. The first-order valence-electron chi connectivity index (χ1n) is 9.91. The van der Waals surface area contributed by atoms with Gasteiger partial charge in [0.1, 0.15) is 11.4 Å². The Balaban J connectivity index is 2.52. The van der Waals surface area contributed by atoms with Gasteiger partial charge in [-0.15, -0.1) is 0 Å². The Morgan fingerprint density at radius 3 is 2.45 bits per heavy atom. The largest absolute Gasteiger partial charge is 0.488 e. The molecule has 0 amide bonds. The molecule has 1 aromatic carbocycles. The number of hydrogen-bond acceptors (Lipinski definition) is 6. The van der Waals surface area contributed by atoms with E-state index in [1.807, 2.05) is 24.3 Å². The van der Waals surface area contributed by atoms with E-state index in [2.05, 4.69) is 26.3 Å². The quantitative estimate of drug-likeness (QED) is 0.165. The number of hydrogen-bond donors (Lipinski definition) is 4. The number of hydroxylamine groups is 1. The molecule has 1 aromatic rings. The van der Waals surface area contributed by atoms with Gasteiger partial charge in [-0.25, -0.2) is 0 Å². The minimum atomic E-state index is -0.819. The topological polar surface area (TPSA) is 115 Å². The molecule has 0 aliphatic carbocycles. The van der Waals surface area contributed by atoms with Crippen LogP contribution in [0, 0.1) is 10.8 Å². The smallest absolute Gasteiger partial charge is 0.303 e. The zero-order chi connectivity index (χ0) is 21.9. The van der Waals surface area contributed by atoms with E-state index in [0.29, 0.717) is 30.7 Å². The van der Waals surface area contributed by atoms with Crippen LogP contribution in [0.25, 0.3) is 0 Å². The van der Waals surface area contributed by atoms with Crippen molar-refractivity contribution in [1.29, 1.82) is 10.8 Å². The molecular formula is C22H33N3O4. The molecule has 29 heavy (non-hydrogen) atoms. The number of allylic oxidation sites excluding steroid dienone is 1. The molecule has 0 aliphatic heterocycles. The first-order valence-corrected chi connectivity index (χ1v) is 9.91. The molecule has 0 saturated carbocycles. The van der Waals surface area contributed by atoms with Crippen molar-refractivity contribution in [3.63, 3.8) is 0 Å². The number of ether oxygens (including phenoxy) is 1. The van der Waals surface area contributed by atoms with E-state index in [0.717, 1.165) is 24.2 Å². The van der Waals surface area contributed by atoms with Crippen molar-refractivity contribution in [1.82, 2.24) is 5.48 Å². The highest BCUT2D eigenvalue weighted by atomic mass is 16.7. The zero-order valence-corrected chi connectivity index (χ0v) is 17.8. The maximum Gasteiger partial charge on any atom is 0.303 e. The Morgan fingerprint density at radius 2 is 1.86 bits per heavy atom. The normalized spacial score (nSPS) is 11.8. The number of carboxylic acid groups (broad SMARTS) is 1. The molecule has 7 heteroatoms. The number of unbranched alkanes of at least 4 members (excludes halogenated alkanes) is 1. The summed E-state index contributed by atoms with van der Waals surface area (Å²) < 4.78 is 6.01. The van der Waals surface area contributed by atoms with Crippen molar-refractivity contribution in [2.75, 3.05) is 6.54 Å². The van der Waals surface area contributed by atoms with Crippen molar-refractivity contribution >= 4 is 17.6 Å². The molecule has 0 heterocycles. The van der Waals surface area contributed by atoms with Crippen molar-refractivity contribution in [2.45, 2.75) is 65.4 Å². The second kappa shape index (κ2) is 12.0. The molecule has 0 fully saturated rings. The van der Waals surface area contributed by atoms with Crippen LogP contribution in [0.4, 0.5) is 0 Å². The maximum atomic E-state index is 10.4. The third-order valence-electron chi connectivity index (χ3n) is 4.23. The van der Waals surface area contributed by atoms with Gasteiger partial charge in [0.2, 0.25) is 5.90 Å². The van der Waals surface area contributed by atoms with Crippen molar-refractivity contribution < 1.29 is 19.5 Å². The maximum absolute atomic E-state index is 10.4. The molecule has 0 atom stereocenters. The molecule has 0 aromatic heterocycles. The number of aliphatic carboxylic acids is 1. The first kappa shape index (κ1) is 24.4. The first-order chi connectivity index (χ1) is 13.6. The van der Waals surface area contributed by atoms with Crippen LogP contribution in [0.5, 0.6) is 5.75 Å². The van der Waals surface area contributed by atoms with E-state index >= 15 is 0 Å². The van der Waals surface area contributed by atoms with Crippen LogP contribution in [0.15, 0.2) is 35.9 Å². The molecule has 0 unspecified atom stereocenters. The average Bonchev–Trinajstić information content (AvgIpc) is 2.63. The summed E-state index contributed by atoms with van der Waals surface area (Å²) in [5, 5.41) is 24.7. The highest BCUT2D eigenvalue weighted by Gasteiger charge is 2.18. The lowest BCUT2D eigenvalue weighted by Gasteiger charge is -2.26. The molecule has 0 radical (unpaired) electrons. The fourth-order valence-electron chi connectivity index (χ4n) is 2.79. The van der Waals surface area contributed by atoms with E-state index in [1.54, 1.807) is 6.92 Å². The zero-order valence-electron chi connectivity index (χ0n) is 17.8. The highest BCUT2D eigenvalue weighted by molar-refractivity contribution is 6.12. The van der Waals surface area contributed by atoms with E-state index in [-0.39, 0.29) is 17.9 Å². The Hall–Kier alpha value is -2.67. The fourth-order valence-corrected chi connectivity index (χ4v) is 2.79. The van der Waals surface area contributed by atoms with Crippen LogP contribution in [0.3, 0.4) is 0 Å². The van der Waals surface area contributed by atoms with Gasteiger partial charge in [-0.1, -0.05) is 13.3 Å². The third kappa shape index (κ3) is 9.89. The van der Waals surface area contributed by atoms with Gasteiger partial charge >= 0.3 is 5.97 Å². The molecule has 0 bridgehead atoms. The Labute approximate surface area is 173 Å². The average molecular weight is 404 g/mol. The van der Waals surface area contributed by atoms with Gasteiger partial charge in [-0.05, 0) is 75.4 Å². The van der Waals surface area contributed by atoms with Gasteiger partial charge in [-0.2, -0.15) is 5.48 Å². The van der Waals surface area contributed by atoms with Crippen molar-refractivity contribution in [2.24, 2.45) is 0 Å². The number of carbonyl (C=O) groups is 1. The SMILES string of the molecule is CCCC(C)(C)Oc1ccc(C(=N)/C(C)=C\C(=N)ONCCCCC(=O)O)cc1. The van der Waals surface area contributed by atoms with Gasteiger partial charge < -0.3 is 14.7 Å². The lowest BCUT2D eigenvalue weighted by atomic mass is 10.0. The molecule has 1 rings (SSSR count). The van der Waals surface area contributed by atoms with Gasteiger partial charge in [-0.3, -0.25) is 15.6 Å². The summed E-state index contributed by atoms with van der Waals surface area (Å²) in [4.78, 5) is 15.5. The van der Waals surface area contributed by atoms with Gasteiger partial charge in [0.05, 0.1) is 5.71 Å². The van der Waals surface area contributed by atoms with Crippen molar-refractivity contribution in [3.8, 4) is 5.75 Å². The summed E-state index contributed by atoms with van der Waals surface area (Å²) in [6.45, 7) is 8.45. The minimum absolute atomic E-state index is 0.105. The second-order valence-corrected chi connectivity index (χ2v) is 7.55. The molecule has 0 aliphatic rings. The molecule has 0 saturated heterocycles. The van der Waals surface area contributed by atoms with Crippen LogP contribution >= 0.6 is 0 Å². The summed E-state index contributed by atoms with van der Waals surface area (Å²) in [6.07, 6.45) is 4.79. The molecule has 4 N–H and O–H groups in total. The summed E-state index contributed by atoms with van der Waals surface area (Å²) in [7, 11) is 0. The number of nitrogens with one attached hydrogen (secondary N) is 3. The van der Waals surface area contributed by atoms with Crippen LogP contribution in [0.2, 0.25) is 0 Å². The summed E-state index contributed by atoms with van der Waals surface area (Å²) >= 11 is 0. The third-order valence-corrected chi connectivity index (χ3v) is 4.23. The monoisotopic (exact) mass is 403 g/mol. The molecular weight excluding hydrogens is 370 g/mol. The highest BCUT2D eigenvalue weighted by Crippen LogP contribution is 2.23. The molecule has 160 valence electrons.